The predicted octanol–water partition coefficient (Wildman–Crippen LogP) is 2.75. The van der Waals surface area contributed by atoms with Crippen molar-refractivity contribution >= 4 is 29.2 Å². The Balaban J connectivity index is 1.85. The largest absolute Gasteiger partial charge is 0.454 e. The van der Waals surface area contributed by atoms with E-state index in [1.54, 1.807) is 0 Å². The molecule has 2 N–H and O–H groups in total. The van der Waals surface area contributed by atoms with Crippen LogP contribution in [-0.2, 0) is 19.1 Å². The molecule has 0 aromatic heterocycles. The zero-order valence-corrected chi connectivity index (χ0v) is 15.6. The number of carbonyl (C=O) groups is 2. The molecular weight excluding hydrogens is 363 g/mol. The minimum Gasteiger partial charge on any atom is -0.454 e. The fourth-order valence-electron chi connectivity index (χ4n) is 2.65. The van der Waals surface area contributed by atoms with Crippen molar-refractivity contribution in [2.75, 3.05) is 25.1 Å². The SMILES string of the molecule is CC(C)C(NC1CCOCC1)C(=O)OCC(=O)Nc1ccc(F)cc1Cl. The van der Waals surface area contributed by atoms with Gasteiger partial charge in [0.1, 0.15) is 11.9 Å². The molecule has 0 radical (unpaired) electrons. The normalized spacial score (nSPS) is 16.3. The fraction of sp³-hybridized carbons (Fsp3) is 0.556. The van der Waals surface area contributed by atoms with Gasteiger partial charge in [-0.1, -0.05) is 25.4 Å². The van der Waals surface area contributed by atoms with E-state index in [0.29, 0.717) is 13.2 Å². The van der Waals surface area contributed by atoms with Gasteiger partial charge in [-0.15, -0.1) is 0 Å². The van der Waals surface area contributed by atoms with E-state index in [2.05, 4.69) is 10.6 Å². The van der Waals surface area contributed by atoms with Crippen molar-refractivity contribution in [3.8, 4) is 0 Å². The first kappa shape index (κ1) is 20.6. The summed E-state index contributed by atoms with van der Waals surface area (Å²) in [6, 6.07) is 3.31. The summed E-state index contributed by atoms with van der Waals surface area (Å²) in [7, 11) is 0. The molecule has 0 spiro atoms. The summed E-state index contributed by atoms with van der Waals surface area (Å²) >= 11 is 5.85. The average Bonchev–Trinajstić information content (AvgIpc) is 2.60. The second kappa shape index (κ2) is 9.85. The van der Waals surface area contributed by atoms with E-state index >= 15 is 0 Å². The van der Waals surface area contributed by atoms with Crippen molar-refractivity contribution in [3.05, 3.63) is 29.0 Å². The number of nitrogens with one attached hydrogen (secondary N) is 2. The molecule has 1 unspecified atom stereocenters. The van der Waals surface area contributed by atoms with Gasteiger partial charge in [-0.3, -0.25) is 9.59 Å². The lowest BCUT2D eigenvalue weighted by molar-refractivity contribution is -0.151. The molecule has 1 atom stereocenters. The van der Waals surface area contributed by atoms with Crippen molar-refractivity contribution in [1.82, 2.24) is 5.32 Å². The fourth-order valence-corrected chi connectivity index (χ4v) is 2.87. The van der Waals surface area contributed by atoms with E-state index < -0.39 is 30.3 Å². The molecular formula is C18H24ClFN2O4. The number of hydrogen-bond acceptors (Lipinski definition) is 5. The second-order valence-corrected chi connectivity index (χ2v) is 6.96. The maximum Gasteiger partial charge on any atom is 0.323 e. The highest BCUT2D eigenvalue weighted by molar-refractivity contribution is 6.33. The molecule has 0 bridgehead atoms. The minimum absolute atomic E-state index is 0.0138. The number of carbonyl (C=O) groups excluding carboxylic acids is 2. The highest BCUT2D eigenvalue weighted by Gasteiger charge is 2.28. The highest BCUT2D eigenvalue weighted by atomic mass is 35.5. The van der Waals surface area contributed by atoms with Crippen molar-refractivity contribution in [2.45, 2.75) is 38.8 Å². The lowest BCUT2D eigenvalue weighted by Gasteiger charge is -2.29. The van der Waals surface area contributed by atoms with Crippen LogP contribution in [0.5, 0.6) is 0 Å². The quantitative estimate of drug-likeness (QED) is 0.705. The Labute approximate surface area is 157 Å². The van der Waals surface area contributed by atoms with Gasteiger partial charge in [0.2, 0.25) is 0 Å². The van der Waals surface area contributed by atoms with E-state index in [-0.39, 0.29) is 22.7 Å². The van der Waals surface area contributed by atoms with Gasteiger partial charge in [0.15, 0.2) is 6.61 Å². The Morgan fingerprint density at radius 2 is 2.04 bits per heavy atom. The van der Waals surface area contributed by atoms with Gasteiger partial charge in [0.25, 0.3) is 5.91 Å². The van der Waals surface area contributed by atoms with Gasteiger partial charge >= 0.3 is 5.97 Å². The zero-order chi connectivity index (χ0) is 19.1. The average molecular weight is 387 g/mol. The van der Waals surface area contributed by atoms with Crippen LogP contribution in [-0.4, -0.2) is 43.8 Å². The minimum atomic E-state index is -0.541. The standard InChI is InChI=1S/C18H24ClFN2O4/c1-11(2)17(21-13-5-7-25-8-6-13)18(24)26-10-16(23)22-15-4-3-12(20)9-14(15)19/h3-4,9,11,13,17,21H,5-8,10H2,1-2H3,(H,22,23). The Kier molecular flexibility index (Phi) is 7.81. The first-order valence-corrected chi connectivity index (χ1v) is 9.00. The maximum absolute atomic E-state index is 13.0. The number of rotatable bonds is 7. The van der Waals surface area contributed by atoms with E-state index in [0.717, 1.165) is 18.9 Å². The molecule has 8 heteroatoms. The van der Waals surface area contributed by atoms with E-state index in [1.165, 1.54) is 12.1 Å². The molecule has 1 aromatic carbocycles. The summed E-state index contributed by atoms with van der Waals surface area (Å²) in [5.41, 5.74) is 0.259. The van der Waals surface area contributed by atoms with E-state index in [9.17, 15) is 14.0 Å². The van der Waals surface area contributed by atoms with Gasteiger partial charge in [-0.05, 0) is 37.0 Å². The third kappa shape index (κ3) is 6.23. The number of amides is 1. The number of anilines is 1. The third-order valence-electron chi connectivity index (χ3n) is 4.11. The second-order valence-electron chi connectivity index (χ2n) is 6.56. The topological polar surface area (TPSA) is 76.7 Å². The summed E-state index contributed by atoms with van der Waals surface area (Å²) in [6.45, 7) is 4.72. The molecule has 2 rings (SSSR count). The first-order valence-electron chi connectivity index (χ1n) is 8.62. The Morgan fingerprint density at radius 1 is 1.35 bits per heavy atom. The van der Waals surface area contributed by atoms with Crippen molar-refractivity contribution in [1.29, 1.82) is 0 Å². The Morgan fingerprint density at radius 3 is 2.65 bits per heavy atom. The molecule has 26 heavy (non-hydrogen) atoms. The number of ether oxygens (including phenoxy) is 2. The van der Waals surface area contributed by atoms with Crippen LogP contribution in [0.2, 0.25) is 5.02 Å². The van der Waals surface area contributed by atoms with Crippen LogP contribution in [0, 0.1) is 11.7 Å². The Hall–Kier alpha value is -1.70. The zero-order valence-electron chi connectivity index (χ0n) is 14.9. The number of hydrogen-bond donors (Lipinski definition) is 2. The molecule has 1 saturated heterocycles. The number of benzene rings is 1. The highest BCUT2D eigenvalue weighted by Crippen LogP contribution is 2.22. The molecule has 1 aliphatic rings. The molecule has 1 fully saturated rings. The van der Waals surface area contributed by atoms with Gasteiger partial charge in [0, 0.05) is 19.3 Å². The molecule has 1 aromatic rings. The van der Waals surface area contributed by atoms with Crippen LogP contribution in [0.4, 0.5) is 10.1 Å². The lowest BCUT2D eigenvalue weighted by Crippen LogP contribution is -2.49. The predicted molar refractivity (Wildman–Crippen MR) is 96.6 cm³/mol. The summed E-state index contributed by atoms with van der Waals surface area (Å²) in [5.74, 6) is -1.51. The molecule has 0 aliphatic carbocycles. The molecule has 1 heterocycles. The van der Waals surface area contributed by atoms with Gasteiger partial charge in [-0.2, -0.15) is 0 Å². The smallest absolute Gasteiger partial charge is 0.323 e. The van der Waals surface area contributed by atoms with Crippen LogP contribution in [0.3, 0.4) is 0 Å². The van der Waals surface area contributed by atoms with Crippen molar-refractivity contribution in [3.63, 3.8) is 0 Å². The van der Waals surface area contributed by atoms with Crippen LogP contribution in [0.1, 0.15) is 26.7 Å². The summed E-state index contributed by atoms with van der Waals surface area (Å²) in [5, 5.41) is 5.86. The lowest BCUT2D eigenvalue weighted by atomic mass is 10.0. The van der Waals surface area contributed by atoms with Crippen LogP contribution >= 0.6 is 11.6 Å². The number of esters is 1. The van der Waals surface area contributed by atoms with Crippen LogP contribution < -0.4 is 10.6 Å². The van der Waals surface area contributed by atoms with E-state index in [1.807, 2.05) is 13.8 Å². The van der Waals surface area contributed by atoms with Gasteiger partial charge in [-0.25, -0.2) is 4.39 Å². The molecule has 1 amide bonds. The van der Waals surface area contributed by atoms with Crippen molar-refractivity contribution < 1.29 is 23.5 Å². The summed E-state index contributed by atoms with van der Waals surface area (Å²) in [6.07, 6.45) is 1.67. The summed E-state index contributed by atoms with van der Waals surface area (Å²) in [4.78, 5) is 24.3. The first-order chi connectivity index (χ1) is 12.4. The number of halogens is 2. The van der Waals surface area contributed by atoms with Crippen molar-refractivity contribution in [2.24, 2.45) is 5.92 Å². The van der Waals surface area contributed by atoms with Crippen LogP contribution in [0.25, 0.3) is 0 Å². The Bertz CT molecular complexity index is 636. The van der Waals surface area contributed by atoms with Gasteiger partial charge in [0.05, 0.1) is 10.7 Å². The van der Waals surface area contributed by atoms with Gasteiger partial charge < -0.3 is 20.1 Å². The molecule has 6 nitrogen and oxygen atoms in total. The van der Waals surface area contributed by atoms with E-state index in [4.69, 9.17) is 21.1 Å². The molecule has 0 saturated carbocycles. The molecule has 144 valence electrons. The van der Waals surface area contributed by atoms with Crippen LogP contribution in [0.15, 0.2) is 18.2 Å². The maximum atomic E-state index is 13.0. The summed E-state index contributed by atoms with van der Waals surface area (Å²) < 4.78 is 23.5. The third-order valence-corrected chi connectivity index (χ3v) is 4.42. The molecule has 1 aliphatic heterocycles. The monoisotopic (exact) mass is 386 g/mol.